The summed E-state index contributed by atoms with van der Waals surface area (Å²) in [6, 6.07) is 0. The van der Waals surface area contributed by atoms with Crippen LogP contribution < -0.4 is 0 Å². The third-order valence-electron chi connectivity index (χ3n) is 8.53. The van der Waals surface area contributed by atoms with Crippen molar-refractivity contribution < 1.29 is 15.3 Å². The Morgan fingerprint density at radius 2 is 1.90 bits per heavy atom. The molecule has 0 heterocycles. The van der Waals surface area contributed by atoms with Crippen molar-refractivity contribution >= 4 is 0 Å². The Kier molecular flexibility index (Phi) is 7.48. The van der Waals surface area contributed by atoms with Gasteiger partial charge in [-0.1, -0.05) is 50.3 Å². The van der Waals surface area contributed by atoms with Crippen LogP contribution in [-0.4, -0.2) is 33.6 Å². The second kappa shape index (κ2) is 9.54. The monoisotopic (exact) mass is 414 g/mol. The van der Waals surface area contributed by atoms with E-state index in [4.69, 9.17) is 0 Å². The summed E-state index contributed by atoms with van der Waals surface area (Å²) in [6.07, 6.45) is 12.1. The third kappa shape index (κ3) is 4.69. The minimum absolute atomic E-state index is 0.343. The van der Waals surface area contributed by atoms with Crippen LogP contribution in [0.4, 0.5) is 0 Å². The lowest BCUT2D eigenvalue weighted by Gasteiger charge is -2.44. The first-order chi connectivity index (χ1) is 14.1. The minimum atomic E-state index is -0.828. The van der Waals surface area contributed by atoms with E-state index in [9.17, 15) is 15.3 Å². The number of allylic oxidation sites excluding steroid dienone is 3. The van der Waals surface area contributed by atoms with Gasteiger partial charge in [-0.2, -0.15) is 0 Å². The molecule has 0 radical (unpaired) electrons. The van der Waals surface area contributed by atoms with E-state index in [1.165, 1.54) is 25.7 Å². The maximum absolute atomic E-state index is 10.2. The molecule has 3 N–H and O–H groups in total. The molecule has 3 rings (SSSR count). The van der Waals surface area contributed by atoms with Crippen LogP contribution in [0.5, 0.6) is 0 Å². The first-order valence-corrected chi connectivity index (χ1v) is 11.9. The molecule has 168 valence electrons. The van der Waals surface area contributed by atoms with Crippen molar-refractivity contribution in [1.82, 2.24) is 0 Å². The highest BCUT2D eigenvalue weighted by Gasteiger charge is 2.50. The molecular weight excluding hydrogens is 372 g/mol. The maximum Gasteiger partial charge on any atom is 0.105 e. The number of hydrogen-bond donors (Lipinski definition) is 3. The molecule has 0 spiro atoms. The van der Waals surface area contributed by atoms with Crippen LogP contribution >= 0.6 is 0 Å². The molecule has 3 saturated carbocycles. The molecule has 3 aliphatic rings. The van der Waals surface area contributed by atoms with Gasteiger partial charge in [0, 0.05) is 0 Å². The fraction of sp³-hybridized carbons (Fsp3) is 0.704. The standard InChI is InChI=1S/C27H42O3/c1-17(2)24(28)14-8-18(3)22-12-13-23-21(7-6-16-27(22,23)5)10-9-20-11-15-25(29)26(30)19(20)4/h9-10,18,22-26,28-30H,1,4,6-8,11-16H2,2-3,5H3/b20-9-,21-10-/t18-,22-,23+,24?,25?,26?,27-/m1/s1. The highest BCUT2D eigenvalue weighted by molar-refractivity contribution is 5.38. The van der Waals surface area contributed by atoms with Gasteiger partial charge in [0.1, 0.15) is 6.10 Å². The van der Waals surface area contributed by atoms with Crippen molar-refractivity contribution in [1.29, 1.82) is 0 Å². The summed E-state index contributed by atoms with van der Waals surface area (Å²) >= 11 is 0. The summed E-state index contributed by atoms with van der Waals surface area (Å²) in [5.74, 6) is 1.95. The number of aliphatic hydroxyl groups is 3. The smallest absolute Gasteiger partial charge is 0.105 e. The number of fused-ring (bicyclic) bond motifs is 1. The fourth-order valence-electron chi connectivity index (χ4n) is 6.52. The lowest BCUT2D eigenvalue weighted by atomic mass is 9.60. The van der Waals surface area contributed by atoms with E-state index in [-0.39, 0.29) is 6.10 Å². The summed E-state index contributed by atoms with van der Waals surface area (Å²) in [5, 5.41) is 30.1. The van der Waals surface area contributed by atoms with Crippen LogP contribution in [-0.2, 0) is 0 Å². The summed E-state index contributed by atoms with van der Waals surface area (Å²) in [6.45, 7) is 14.7. The molecule has 0 aromatic heterocycles. The molecule has 3 aliphatic carbocycles. The Balaban J connectivity index is 1.71. The van der Waals surface area contributed by atoms with Crippen LogP contribution in [0.3, 0.4) is 0 Å². The Morgan fingerprint density at radius 1 is 1.17 bits per heavy atom. The van der Waals surface area contributed by atoms with Crippen molar-refractivity contribution in [2.45, 2.75) is 96.9 Å². The van der Waals surface area contributed by atoms with E-state index in [1.54, 1.807) is 5.57 Å². The van der Waals surface area contributed by atoms with Crippen molar-refractivity contribution in [3.8, 4) is 0 Å². The molecule has 7 atom stereocenters. The number of aliphatic hydroxyl groups excluding tert-OH is 3. The molecule has 0 aromatic rings. The Labute approximate surface area is 183 Å². The molecule has 3 fully saturated rings. The lowest BCUT2D eigenvalue weighted by Crippen LogP contribution is -2.36. The zero-order valence-electron chi connectivity index (χ0n) is 19.2. The second-order valence-corrected chi connectivity index (χ2v) is 10.5. The topological polar surface area (TPSA) is 60.7 Å². The first kappa shape index (κ1) is 23.5. The zero-order valence-corrected chi connectivity index (χ0v) is 19.2. The molecule has 0 amide bonds. The van der Waals surface area contributed by atoms with Gasteiger partial charge in [-0.05, 0) is 99.0 Å². The molecule has 0 bridgehead atoms. The van der Waals surface area contributed by atoms with Gasteiger partial charge in [0.05, 0.1) is 12.2 Å². The molecule has 3 unspecified atom stereocenters. The molecule has 0 aromatic carbocycles. The van der Waals surface area contributed by atoms with Crippen LogP contribution in [0.25, 0.3) is 0 Å². The molecule has 30 heavy (non-hydrogen) atoms. The van der Waals surface area contributed by atoms with Crippen molar-refractivity contribution in [2.24, 2.45) is 23.2 Å². The van der Waals surface area contributed by atoms with Crippen molar-refractivity contribution in [3.63, 3.8) is 0 Å². The Morgan fingerprint density at radius 3 is 2.60 bits per heavy atom. The van der Waals surface area contributed by atoms with Crippen LogP contribution in [0, 0.1) is 23.2 Å². The van der Waals surface area contributed by atoms with E-state index >= 15 is 0 Å². The summed E-state index contributed by atoms with van der Waals surface area (Å²) in [5.41, 5.74) is 4.54. The number of rotatable bonds is 6. The number of hydrogen-bond acceptors (Lipinski definition) is 3. The van der Waals surface area contributed by atoms with E-state index in [2.05, 4.69) is 39.2 Å². The first-order valence-electron chi connectivity index (χ1n) is 11.9. The average Bonchev–Trinajstić information content (AvgIpc) is 3.07. The van der Waals surface area contributed by atoms with E-state index < -0.39 is 12.2 Å². The zero-order chi connectivity index (χ0) is 22.1. The quantitative estimate of drug-likeness (QED) is 0.504. The van der Waals surface area contributed by atoms with Gasteiger partial charge < -0.3 is 15.3 Å². The minimum Gasteiger partial charge on any atom is -0.390 e. The second-order valence-electron chi connectivity index (χ2n) is 10.5. The molecule has 0 aliphatic heterocycles. The fourth-order valence-corrected chi connectivity index (χ4v) is 6.52. The Bertz CT molecular complexity index is 718. The SMILES string of the molecule is C=C(C)C(O)CC[C@@H](C)[C@H]1CC[C@H]2/C(=C\C=C3\CCC(O)C(O)C3=C)CCC[C@]12C. The summed E-state index contributed by atoms with van der Waals surface area (Å²) in [4.78, 5) is 0. The van der Waals surface area contributed by atoms with Crippen molar-refractivity contribution in [2.75, 3.05) is 0 Å². The van der Waals surface area contributed by atoms with Gasteiger partial charge in [0.25, 0.3) is 0 Å². The molecule has 0 saturated heterocycles. The average molecular weight is 415 g/mol. The maximum atomic E-state index is 10.2. The molecular formula is C27H42O3. The largest absolute Gasteiger partial charge is 0.390 e. The van der Waals surface area contributed by atoms with E-state index in [0.717, 1.165) is 36.8 Å². The van der Waals surface area contributed by atoms with Gasteiger partial charge in [-0.15, -0.1) is 0 Å². The normalized spacial score (nSPS) is 39.2. The van der Waals surface area contributed by atoms with Gasteiger partial charge in [-0.3, -0.25) is 0 Å². The predicted octanol–water partition coefficient (Wildman–Crippen LogP) is 5.48. The summed E-state index contributed by atoms with van der Waals surface area (Å²) in [7, 11) is 0. The molecule has 3 nitrogen and oxygen atoms in total. The van der Waals surface area contributed by atoms with Gasteiger partial charge in [0.15, 0.2) is 0 Å². The predicted molar refractivity (Wildman–Crippen MR) is 124 cm³/mol. The lowest BCUT2D eigenvalue weighted by molar-refractivity contribution is 0.0301. The van der Waals surface area contributed by atoms with Crippen molar-refractivity contribution in [3.05, 3.63) is 47.6 Å². The molecule has 3 heteroatoms. The third-order valence-corrected chi connectivity index (χ3v) is 8.53. The van der Waals surface area contributed by atoms with Gasteiger partial charge in [-0.25, -0.2) is 0 Å². The summed E-state index contributed by atoms with van der Waals surface area (Å²) < 4.78 is 0. The van der Waals surface area contributed by atoms with Crippen LogP contribution in [0.15, 0.2) is 47.6 Å². The highest BCUT2D eigenvalue weighted by atomic mass is 16.3. The van der Waals surface area contributed by atoms with Crippen LogP contribution in [0.1, 0.15) is 78.6 Å². The highest BCUT2D eigenvalue weighted by Crippen LogP contribution is 2.59. The van der Waals surface area contributed by atoms with Gasteiger partial charge >= 0.3 is 0 Å². The Hall–Kier alpha value is -1.16. The van der Waals surface area contributed by atoms with Gasteiger partial charge in [0.2, 0.25) is 0 Å². The van der Waals surface area contributed by atoms with Crippen LogP contribution in [0.2, 0.25) is 0 Å². The van der Waals surface area contributed by atoms with E-state index in [0.29, 0.717) is 35.2 Å². The van der Waals surface area contributed by atoms with E-state index in [1.807, 2.05) is 6.92 Å².